The molecule has 0 spiro atoms. The highest BCUT2D eigenvalue weighted by Crippen LogP contribution is 2.22. The molecule has 2 aromatic rings. The normalized spacial score (nSPS) is 15.4. The molecule has 1 aliphatic heterocycles. The van der Waals surface area contributed by atoms with Crippen molar-refractivity contribution in [1.82, 2.24) is 4.90 Å². The highest BCUT2D eigenvalue weighted by atomic mass is 32.1. The Morgan fingerprint density at radius 3 is 2.36 bits per heavy atom. The monoisotopic (exact) mass is 589 g/mol. The van der Waals surface area contributed by atoms with Crippen molar-refractivity contribution in [3.05, 3.63) is 92.7 Å². The van der Waals surface area contributed by atoms with Gasteiger partial charge in [0.25, 0.3) is 0 Å². The average molecular weight is 590 g/mol. The number of aliphatic hydroxyl groups excluding tert-OH is 1. The van der Waals surface area contributed by atoms with E-state index >= 15 is 0 Å². The van der Waals surface area contributed by atoms with Crippen LogP contribution in [0.25, 0.3) is 6.08 Å². The van der Waals surface area contributed by atoms with E-state index in [9.17, 15) is 9.90 Å². The Labute approximate surface area is 258 Å². The van der Waals surface area contributed by atoms with Crippen LogP contribution in [0.2, 0.25) is 0 Å². The van der Waals surface area contributed by atoms with Gasteiger partial charge in [0.15, 0.2) is 5.78 Å². The molecule has 1 saturated heterocycles. The van der Waals surface area contributed by atoms with Crippen molar-refractivity contribution in [2.75, 3.05) is 32.8 Å². The number of thiophene rings is 1. The molecule has 1 fully saturated rings. The summed E-state index contributed by atoms with van der Waals surface area (Å²) in [7, 11) is 0. The van der Waals surface area contributed by atoms with Crippen molar-refractivity contribution in [2.24, 2.45) is 5.92 Å². The van der Waals surface area contributed by atoms with Gasteiger partial charge in [0.2, 0.25) is 0 Å². The molecule has 2 heterocycles. The molecular weight excluding hydrogens is 538 g/mol. The van der Waals surface area contributed by atoms with Crippen LogP contribution in [0.5, 0.6) is 5.75 Å². The van der Waals surface area contributed by atoms with Crippen LogP contribution in [-0.4, -0.2) is 48.6 Å². The van der Waals surface area contributed by atoms with Gasteiger partial charge in [-0.15, -0.1) is 11.3 Å². The van der Waals surface area contributed by atoms with Gasteiger partial charge in [0.05, 0.1) is 6.61 Å². The van der Waals surface area contributed by atoms with Gasteiger partial charge in [-0.05, 0) is 145 Å². The standard InChI is InChI=1S/C37H51NO3S/c1-29(2)8-5-9-30(3)10-6-11-31(4)12-19-37-34(22-27-42-37)15-18-36(40)33-13-16-35(17-14-33)41-26-7-23-38-24-20-32(28-39)21-25-38/h8,10,12-18,22,27,32,39H,5-7,9,11,19-21,23-26,28H2,1-4H3/b18-15+,30-10?,31-12?. The SMILES string of the molecule is CC(C)=CCCC(C)=CCCC(C)=CCc1sccc1/C=C/C(=O)c1ccc(OCCCN2CCC(CO)CC2)cc1. The minimum Gasteiger partial charge on any atom is -0.494 e. The number of hydrogen-bond donors (Lipinski definition) is 1. The summed E-state index contributed by atoms with van der Waals surface area (Å²) in [5.74, 6) is 1.27. The van der Waals surface area contributed by atoms with Gasteiger partial charge in [-0.3, -0.25) is 4.79 Å². The molecule has 0 radical (unpaired) electrons. The molecule has 1 N–H and O–H groups in total. The summed E-state index contributed by atoms with van der Waals surface area (Å²) >= 11 is 1.75. The van der Waals surface area contributed by atoms with E-state index in [1.54, 1.807) is 17.4 Å². The Bertz CT molecular complexity index is 1210. The summed E-state index contributed by atoms with van der Waals surface area (Å²) in [4.78, 5) is 16.6. The van der Waals surface area contributed by atoms with Crippen LogP contribution in [0.1, 0.15) is 93.4 Å². The van der Waals surface area contributed by atoms with Crippen LogP contribution < -0.4 is 4.74 Å². The fourth-order valence-corrected chi connectivity index (χ4v) is 5.95. The fraction of sp³-hybridized carbons (Fsp3) is 0.486. The zero-order valence-corrected chi connectivity index (χ0v) is 27.1. The van der Waals surface area contributed by atoms with Gasteiger partial charge >= 0.3 is 0 Å². The van der Waals surface area contributed by atoms with Crippen LogP contribution in [0.15, 0.2) is 76.7 Å². The number of ether oxygens (including phenoxy) is 1. The molecule has 0 bridgehead atoms. The molecule has 5 heteroatoms. The number of nitrogens with zero attached hydrogens (tertiary/aromatic N) is 1. The van der Waals surface area contributed by atoms with Crippen molar-refractivity contribution in [2.45, 2.75) is 79.1 Å². The minimum atomic E-state index is 0.00319. The van der Waals surface area contributed by atoms with E-state index < -0.39 is 0 Å². The van der Waals surface area contributed by atoms with E-state index in [1.807, 2.05) is 30.3 Å². The highest BCUT2D eigenvalue weighted by Gasteiger charge is 2.17. The van der Waals surface area contributed by atoms with Gasteiger partial charge in [0.1, 0.15) is 5.75 Å². The summed E-state index contributed by atoms with van der Waals surface area (Å²) in [5.41, 5.74) is 6.06. The van der Waals surface area contributed by atoms with Gasteiger partial charge < -0.3 is 14.7 Å². The Morgan fingerprint density at radius 1 is 0.976 bits per heavy atom. The van der Waals surface area contributed by atoms with Crippen molar-refractivity contribution in [3.8, 4) is 5.75 Å². The maximum Gasteiger partial charge on any atom is 0.185 e. The molecule has 42 heavy (non-hydrogen) atoms. The number of allylic oxidation sites excluding steroid dienone is 7. The number of hydrogen-bond acceptors (Lipinski definition) is 5. The lowest BCUT2D eigenvalue weighted by Gasteiger charge is -2.30. The summed E-state index contributed by atoms with van der Waals surface area (Å²) in [6, 6.07) is 9.56. The zero-order chi connectivity index (χ0) is 30.2. The molecule has 3 rings (SSSR count). The third-order valence-corrected chi connectivity index (χ3v) is 8.90. The van der Waals surface area contributed by atoms with Gasteiger partial charge in [-0.25, -0.2) is 0 Å². The van der Waals surface area contributed by atoms with Gasteiger partial charge in [0, 0.05) is 30.0 Å². The van der Waals surface area contributed by atoms with Crippen LogP contribution in [0.3, 0.4) is 0 Å². The zero-order valence-electron chi connectivity index (χ0n) is 26.2. The highest BCUT2D eigenvalue weighted by molar-refractivity contribution is 7.10. The average Bonchev–Trinajstić information content (AvgIpc) is 3.45. The number of piperidine rings is 1. The first-order valence-electron chi connectivity index (χ1n) is 15.6. The number of likely N-dealkylation sites (tertiary alicyclic amines) is 1. The molecule has 0 amide bonds. The van der Waals surface area contributed by atoms with Crippen molar-refractivity contribution >= 4 is 23.2 Å². The van der Waals surface area contributed by atoms with Crippen LogP contribution in [-0.2, 0) is 6.42 Å². The molecule has 0 unspecified atom stereocenters. The first-order valence-corrected chi connectivity index (χ1v) is 16.5. The molecule has 228 valence electrons. The first-order chi connectivity index (χ1) is 20.3. The lowest BCUT2D eigenvalue weighted by Crippen LogP contribution is -2.35. The maximum absolute atomic E-state index is 12.8. The lowest BCUT2D eigenvalue weighted by molar-refractivity contribution is 0.104. The Hall–Kier alpha value is -2.73. The van der Waals surface area contributed by atoms with E-state index in [4.69, 9.17) is 4.74 Å². The number of benzene rings is 1. The number of ketones is 1. The predicted octanol–water partition coefficient (Wildman–Crippen LogP) is 9.08. The topological polar surface area (TPSA) is 49.8 Å². The van der Waals surface area contributed by atoms with Gasteiger partial charge in [-0.2, -0.15) is 0 Å². The smallest absolute Gasteiger partial charge is 0.185 e. The molecule has 1 aromatic heterocycles. The number of carbonyl (C=O) groups excluding carboxylic acids is 1. The Morgan fingerprint density at radius 2 is 1.67 bits per heavy atom. The third kappa shape index (κ3) is 12.6. The van der Waals surface area contributed by atoms with Crippen molar-refractivity contribution in [1.29, 1.82) is 0 Å². The van der Waals surface area contributed by atoms with Crippen LogP contribution in [0.4, 0.5) is 0 Å². The number of aliphatic hydroxyl groups is 1. The summed E-state index contributed by atoms with van der Waals surface area (Å²) in [6.45, 7) is 12.9. The van der Waals surface area contributed by atoms with Gasteiger partial charge in [-0.1, -0.05) is 34.9 Å². The van der Waals surface area contributed by atoms with E-state index in [0.29, 0.717) is 24.7 Å². The van der Waals surface area contributed by atoms with E-state index in [-0.39, 0.29) is 5.78 Å². The fourth-order valence-electron chi connectivity index (χ4n) is 5.12. The number of rotatable bonds is 17. The summed E-state index contributed by atoms with van der Waals surface area (Å²) in [6.07, 6.45) is 19.1. The molecule has 0 atom stereocenters. The van der Waals surface area contributed by atoms with E-state index in [0.717, 1.165) is 82.3 Å². The van der Waals surface area contributed by atoms with E-state index in [2.05, 4.69) is 62.3 Å². The molecule has 1 aromatic carbocycles. The molecule has 4 nitrogen and oxygen atoms in total. The second kappa shape index (κ2) is 18.7. The second-order valence-corrected chi connectivity index (χ2v) is 12.9. The minimum absolute atomic E-state index is 0.00319. The van der Waals surface area contributed by atoms with Crippen LogP contribution >= 0.6 is 11.3 Å². The molecular formula is C37H51NO3S. The molecule has 1 aliphatic rings. The quantitative estimate of drug-likeness (QED) is 0.0865. The van der Waals surface area contributed by atoms with E-state index in [1.165, 1.54) is 21.6 Å². The Balaban J connectivity index is 1.39. The predicted molar refractivity (Wildman–Crippen MR) is 180 cm³/mol. The van der Waals surface area contributed by atoms with Crippen molar-refractivity contribution < 1.29 is 14.6 Å². The molecule has 0 aliphatic carbocycles. The number of carbonyl (C=O) groups is 1. The molecule has 0 saturated carbocycles. The lowest BCUT2D eigenvalue weighted by atomic mass is 9.98. The van der Waals surface area contributed by atoms with Crippen LogP contribution in [0, 0.1) is 5.92 Å². The van der Waals surface area contributed by atoms with Crippen molar-refractivity contribution in [3.63, 3.8) is 0 Å². The summed E-state index contributed by atoms with van der Waals surface area (Å²) in [5, 5.41) is 11.4. The Kier molecular flexibility index (Phi) is 15.1. The second-order valence-electron chi connectivity index (χ2n) is 11.9. The maximum atomic E-state index is 12.8. The first kappa shape index (κ1) is 33.8. The largest absolute Gasteiger partial charge is 0.494 e. The summed E-state index contributed by atoms with van der Waals surface area (Å²) < 4.78 is 5.91. The third-order valence-electron chi connectivity index (χ3n) is 7.94.